The highest BCUT2D eigenvalue weighted by atomic mass is 16.2. The molecule has 1 aromatic rings. The summed E-state index contributed by atoms with van der Waals surface area (Å²) in [6, 6.07) is 0. The molecule has 0 spiro atoms. The molecule has 0 fully saturated rings. The Kier molecular flexibility index (Phi) is 4.15. The number of aryl methyl sites for hydroxylation is 2. The summed E-state index contributed by atoms with van der Waals surface area (Å²) in [4.78, 5) is 14.0. The van der Waals surface area contributed by atoms with Crippen LogP contribution >= 0.6 is 0 Å². The van der Waals surface area contributed by atoms with Crippen LogP contribution in [-0.2, 0) is 6.54 Å². The third-order valence-electron chi connectivity index (χ3n) is 2.66. The second-order valence-corrected chi connectivity index (χ2v) is 4.74. The highest BCUT2D eigenvalue weighted by Crippen LogP contribution is 2.18. The zero-order chi connectivity index (χ0) is 13.2. The van der Waals surface area contributed by atoms with E-state index in [1.165, 1.54) is 0 Å². The lowest BCUT2D eigenvalue weighted by Gasteiger charge is -2.20. The van der Waals surface area contributed by atoms with E-state index < -0.39 is 0 Å². The number of carbonyl (C=O) groups is 1. The molecule has 0 aliphatic rings. The van der Waals surface area contributed by atoms with Gasteiger partial charge in [0.2, 0.25) is 0 Å². The van der Waals surface area contributed by atoms with Gasteiger partial charge >= 0.3 is 0 Å². The van der Waals surface area contributed by atoms with Crippen molar-refractivity contribution in [3.8, 4) is 0 Å². The van der Waals surface area contributed by atoms with E-state index in [4.69, 9.17) is 5.73 Å². The molecule has 2 N–H and O–H groups in total. The van der Waals surface area contributed by atoms with Crippen LogP contribution in [0.4, 0.5) is 5.69 Å². The number of rotatable bonds is 4. The molecule has 0 aliphatic carbocycles. The summed E-state index contributed by atoms with van der Waals surface area (Å²) in [5, 5.41) is 4.26. The minimum Gasteiger partial charge on any atom is -0.395 e. The fourth-order valence-electron chi connectivity index (χ4n) is 1.86. The van der Waals surface area contributed by atoms with Gasteiger partial charge in [-0.2, -0.15) is 5.10 Å². The highest BCUT2D eigenvalue weighted by Gasteiger charge is 2.22. The van der Waals surface area contributed by atoms with E-state index >= 15 is 0 Å². The Labute approximate surface area is 103 Å². The molecule has 96 valence electrons. The topological polar surface area (TPSA) is 64.2 Å². The summed E-state index contributed by atoms with van der Waals surface area (Å²) in [5.41, 5.74) is 7.63. The van der Waals surface area contributed by atoms with Crippen molar-refractivity contribution >= 4 is 11.6 Å². The molecule has 5 nitrogen and oxygen atoms in total. The Morgan fingerprint density at radius 1 is 1.53 bits per heavy atom. The molecule has 1 heterocycles. The zero-order valence-electron chi connectivity index (χ0n) is 11.3. The Bertz CT molecular complexity index is 409. The van der Waals surface area contributed by atoms with E-state index in [-0.39, 0.29) is 5.91 Å². The van der Waals surface area contributed by atoms with Gasteiger partial charge < -0.3 is 10.6 Å². The molecular weight excluding hydrogens is 216 g/mol. The van der Waals surface area contributed by atoms with Crippen LogP contribution in [0.5, 0.6) is 0 Å². The molecule has 0 saturated heterocycles. The van der Waals surface area contributed by atoms with Crippen LogP contribution in [0.1, 0.15) is 37.0 Å². The highest BCUT2D eigenvalue weighted by molar-refractivity contribution is 5.97. The number of hydrogen-bond donors (Lipinski definition) is 1. The lowest BCUT2D eigenvalue weighted by atomic mass is 10.2. The smallest absolute Gasteiger partial charge is 0.274 e. The van der Waals surface area contributed by atoms with Crippen LogP contribution in [0, 0.1) is 12.8 Å². The maximum atomic E-state index is 12.3. The van der Waals surface area contributed by atoms with E-state index in [1.54, 1.807) is 16.6 Å². The lowest BCUT2D eigenvalue weighted by molar-refractivity contribution is 0.0768. The van der Waals surface area contributed by atoms with Crippen molar-refractivity contribution in [3.05, 3.63) is 11.4 Å². The number of anilines is 1. The quantitative estimate of drug-likeness (QED) is 0.865. The summed E-state index contributed by atoms with van der Waals surface area (Å²) in [6.07, 6.45) is 0. The van der Waals surface area contributed by atoms with Crippen LogP contribution in [0.15, 0.2) is 0 Å². The minimum atomic E-state index is -0.0568. The Morgan fingerprint density at radius 3 is 2.59 bits per heavy atom. The predicted octanol–water partition coefficient (Wildman–Crippen LogP) is 1.52. The van der Waals surface area contributed by atoms with Gasteiger partial charge in [-0.05, 0) is 19.8 Å². The Morgan fingerprint density at radius 2 is 2.12 bits per heavy atom. The molecule has 0 saturated carbocycles. The first-order chi connectivity index (χ1) is 7.88. The second kappa shape index (κ2) is 5.21. The van der Waals surface area contributed by atoms with Gasteiger partial charge in [0, 0.05) is 20.1 Å². The normalized spacial score (nSPS) is 10.9. The number of hydrogen-bond acceptors (Lipinski definition) is 3. The maximum absolute atomic E-state index is 12.3. The van der Waals surface area contributed by atoms with E-state index in [0.717, 1.165) is 0 Å². The van der Waals surface area contributed by atoms with Crippen molar-refractivity contribution in [2.24, 2.45) is 5.92 Å². The third kappa shape index (κ3) is 2.78. The average molecular weight is 238 g/mol. The summed E-state index contributed by atoms with van der Waals surface area (Å²) in [5.74, 6) is 0.378. The number of nitrogens with zero attached hydrogens (tertiary/aromatic N) is 3. The van der Waals surface area contributed by atoms with Gasteiger partial charge in [-0.15, -0.1) is 0 Å². The van der Waals surface area contributed by atoms with E-state index in [0.29, 0.717) is 36.1 Å². The van der Waals surface area contributed by atoms with Gasteiger partial charge in [-0.25, -0.2) is 0 Å². The molecule has 1 rings (SSSR count). The summed E-state index contributed by atoms with van der Waals surface area (Å²) >= 11 is 0. The summed E-state index contributed by atoms with van der Waals surface area (Å²) in [6.45, 7) is 9.29. The maximum Gasteiger partial charge on any atom is 0.274 e. The van der Waals surface area contributed by atoms with E-state index in [1.807, 2.05) is 13.8 Å². The molecule has 0 atom stereocenters. The molecular formula is C12H22N4O. The first-order valence-electron chi connectivity index (χ1n) is 5.96. The first kappa shape index (κ1) is 13.5. The minimum absolute atomic E-state index is 0.0568. The molecule has 5 heteroatoms. The predicted molar refractivity (Wildman–Crippen MR) is 68.8 cm³/mol. The first-order valence-corrected chi connectivity index (χ1v) is 5.96. The van der Waals surface area contributed by atoms with Gasteiger partial charge in [-0.1, -0.05) is 13.8 Å². The number of nitrogens with two attached hydrogens (primary N) is 1. The molecule has 1 aromatic heterocycles. The SMILES string of the molecule is CCn1nc(C)c(N)c1C(=O)N(C)CC(C)C. The standard InChI is InChI=1S/C12H22N4O/c1-6-16-11(10(13)9(4)14-16)12(17)15(5)7-8(2)3/h8H,6-7,13H2,1-5H3. The van der Waals surface area contributed by atoms with Crippen molar-refractivity contribution in [1.82, 2.24) is 14.7 Å². The molecule has 1 amide bonds. The third-order valence-corrected chi connectivity index (χ3v) is 2.66. The molecule has 0 radical (unpaired) electrons. The van der Waals surface area contributed by atoms with Crippen LogP contribution in [0.25, 0.3) is 0 Å². The molecule has 0 aromatic carbocycles. The zero-order valence-corrected chi connectivity index (χ0v) is 11.3. The van der Waals surface area contributed by atoms with Crippen LogP contribution in [-0.4, -0.2) is 34.2 Å². The van der Waals surface area contributed by atoms with Gasteiger partial charge in [0.1, 0.15) is 5.69 Å². The van der Waals surface area contributed by atoms with Crippen molar-refractivity contribution in [2.75, 3.05) is 19.3 Å². The Hall–Kier alpha value is -1.52. The van der Waals surface area contributed by atoms with Gasteiger partial charge in [0.25, 0.3) is 5.91 Å². The van der Waals surface area contributed by atoms with E-state index in [9.17, 15) is 4.79 Å². The van der Waals surface area contributed by atoms with Crippen molar-refractivity contribution in [2.45, 2.75) is 34.2 Å². The average Bonchev–Trinajstić information content (AvgIpc) is 2.53. The van der Waals surface area contributed by atoms with Crippen molar-refractivity contribution in [3.63, 3.8) is 0 Å². The Balaban J connectivity index is 3.03. The van der Waals surface area contributed by atoms with Gasteiger partial charge in [0.15, 0.2) is 0 Å². The largest absolute Gasteiger partial charge is 0.395 e. The van der Waals surface area contributed by atoms with Gasteiger partial charge in [-0.3, -0.25) is 9.48 Å². The fraction of sp³-hybridized carbons (Fsp3) is 0.667. The van der Waals surface area contributed by atoms with Crippen LogP contribution < -0.4 is 5.73 Å². The molecule has 17 heavy (non-hydrogen) atoms. The van der Waals surface area contributed by atoms with Gasteiger partial charge in [0.05, 0.1) is 11.4 Å². The van der Waals surface area contributed by atoms with Crippen LogP contribution in [0.3, 0.4) is 0 Å². The van der Waals surface area contributed by atoms with E-state index in [2.05, 4.69) is 18.9 Å². The van der Waals surface area contributed by atoms with Crippen molar-refractivity contribution in [1.29, 1.82) is 0 Å². The number of carbonyl (C=O) groups excluding carboxylic acids is 1. The number of aromatic nitrogens is 2. The monoisotopic (exact) mass is 238 g/mol. The summed E-state index contributed by atoms with van der Waals surface area (Å²) < 4.78 is 1.67. The molecule has 0 bridgehead atoms. The second-order valence-electron chi connectivity index (χ2n) is 4.74. The summed E-state index contributed by atoms with van der Waals surface area (Å²) in [7, 11) is 1.80. The lowest BCUT2D eigenvalue weighted by Crippen LogP contribution is -2.32. The van der Waals surface area contributed by atoms with Crippen LogP contribution in [0.2, 0.25) is 0 Å². The van der Waals surface area contributed by atoms with Crippen molar-refractivity contribution < 1.29 is 4.79 Å². The number of amides is 1. The molecule has 0 aliphatic heterocycles. The number of nitrogen functional groups attached to an aromatic ring is 1. The molecule has 0 unspecified atom stereocenters. The fourth-order valence-corrected chi connectivity index (χ4v) is 1.86.